The highest BCUT2D eigenvalue weighted by molar-refractivity contribution is 6.03. The maximum absolute atomic E-state index is 13.7. The van der Waals surface area contributed by atoms with Gasteiger partial charge < -0.3 is 10.2 Å². The first-order valence-corrected chi connectivity index (χ1v) is 8.13. The van der Waals surface area contributed by atoms with Crippen LogP contribution < -0.4 is 10.2 Å². The van der Waals surface area contributed by atoms with Crippen molar-refractivity contribution in [3.8, 4) is 0 Å². The lowest BCUT2D eigenvalue weighted by atomic mass is 10.1. The van der Waals surface area contributed by atoms with Gasteiger partial charge in [0.05, 0.1) is 11.6 Å². The first kappa shape index (κ1) is 17.1. The first-order chi connectivity index (χ1) is 12.0. The standard InChI is InChI=1S/C19H18F2N2O2/c1-2-12-4-3-5-15(8-12)23-11-13(9-18(23)24)19(25)22-17-7-6-14(20)10-16(17)21/h3-8,10,13H,2,9,11H2,1H3,(H,22,25). The summed E-state index contributed by atoms with van der Waals surface area (Å²) in [6, 6.07) is 10.6. The Hall–Kier alpha value is -2.76. The van der Waals surface area contributed by atoms with Gasteiger partial charge in [-0.1, -0.05) is 19.1 Å². The summed E-state index contributed by atoms with van der Waals surface area (Å²) in [7, 11) is 0. The number of halogens is 2. The molecular formula is C19H18F2N2O2. The van der Waals surface area contributed by atoms with Crippen LogP contribution in [0.4, 0.5) is 20.2 Å². The highest BCUT2D eigenvalue weighted by Crippen LogP contribution is 2.27. The molecule has 2 aromatic rings. The third kappa shape index (κ3) is 3.68. The minimum absolute atomic E-state index is 0.0605. The first-order valence-electron chi connectivity index (χ1n) is 8.13. The normalized spacial score (nSPS) is 17.0. The van der Waals surface area contributed by atoms with Gasteiger partial charge in [-0.2, -0.15) is 0 Å². The number of carbonyl (C=O) groups excluding carboxylic acids is 2. The van der Waals surface area contributed by atoms with E-state index >= 15 is 0 Å². The van der Waals surface area contributed by atoms with Crippen LogP contribution in [-0.2, 0) is 16.0 Å². The lowest BCUT2D eigenvalue weighted by Crippen LogP contribution is -2.28. The van der Waals surface area contributed by atoms with E-state index in [1.807, 2.05) is 31.2 Å². The smallest absolute Gasteiger partial charge is 0.229 e. The average molecular weight is 344 g/mol. The zero-order valence-electron chi connectivity index (χ0n) is 13.8. The summed E-state index contributed by atoms with van der Waals surface area (Å²) in [6.45, 7) is 2.26. The molecule has 0 saturated carbocycles. The molecule has 1 N–H and O–H groups in total. The van der Waals surface area contributed by atoms with E-state index in [2.05, 4.69) is 5.32 Å². The third-order valence-electron chi connectivity index (χ3n) is 4.32. The summed E-state index contributed by atoms with van der Waals surface area (Å²) in [5.74, 6) is -2.73. The quantitative estimate of drug-likeness (QED) is 0.923. The molecule has 0 bridgehead atoms. The van der Waals surface area contributed by atoms with Crippen molar-refractivity contribution >= 4 is 23.2 Å². The topological polar surface area (TPSA) is 49.4 Å². The fourth-order valence-electron chi connectivity index (χ4n) is 2.90. The Labute approximate surface area is 144 Å². The number of hydrogen-bond donors (Lipinski definition) is 1. The monoisotopic (exact) mass is 344 g/mol. The van der Waals surface area contributed by atoms with Gasteiger partial charge in [0, 0.05) is 24.7 Å². The van der Waals surface area contributed by atoms with Crippen LogP contribution in [0.5, 0.6) is 0 Å². The maximum atomic E-state index is 13.7. The van der Waals surface area contributed by atoms with Crippen molar-refractivity contribution in [1.29, 1.82) is 0 Å². The number of benzene rings is 2. The molecule has 1 saturated heterocycles. The molecule has 1 atom stereocenters. The molecule has 4 nitrogen and oxygen atoms in total. The van der Waals surface area contributed by atoms with Gasteiger partial charge in [-0.3, -0.25) is 9.59 Å². The van der Waals surface area contributed by atoms with E-state index in [0.717, 1.165) is 23.7 Å². The molecule has 1 heterocycles. The van der Waals surface area contributed by atoms with E-state index in [9.17, 15) is 18.4 Å². The SMILES string of the molecule is CCc1cccc(N2CC(C(=O)Nc3ccc(F)cc3F)CC2=O)c1. The van der Waals surface area contributed by atoms with Crippen LogP contribution in [-0.4, -0.2) is 18.4 Å². The van der Waals surface area contributed by atoms with Gasteiger partial charge >= 0.3 is 0 Å². The molecule has 0 aromatic heterocycles. The van der Waals surface area contributed by atoms with Gasteiger partial charge in [0.15, 0.2) is 0 Å². The Kier molecular flexibility index (Phi) is 4.79. The molecule has 25 heavy (non-hydrogen) atoms. The Morgan fingerprint density at radius 1 is 1.24 bits per heavy atom. The molecule has 1 unspecified atom stereocenters. The zero-order chi connectivity index (χ0) is 18.0. The predicted octanol–water partition coefficient (Wildman–Crippen LogP) is 3.52. The summed E-state index contributed by atoms with van der Waals surface area (Å²) in [5.41, 5.74) is 1.77. The Morgan fingerprint density at radius 3 is 2.76 bits per heavy atom. The minimum Gasteiger partial charge on any atom is -0.323 e. The van der Waals surface area contributed by atoms with Crippen LogP contribution in [0.3, 0.4) is 0 Å². The van der Waals surface area contributed by atoms with Crippen LogP contribution in [0, 0.1) is 17.6 Å². The van der Waals surface area contributed by atoms with E-state index in [4.69, 9.17) is 0 Å². The van der Waals surface area contributed by atoms with Crippen molar-refractivity contribution in [2.24, 2.45) is 5.92 Å². The van der Waals surface area contributed by atoms with Crippen molar-refractivity contribution in [2.75, 3.05) is 16.8 Å². The molecule has 0 radical (unpaired) electrons. The van der Waals surface area contributed by atoms with Gasteiger partial charge in [-0.05, 0) is 36.2 Å². The number of rotatable bonds is 4. The molecule has 1 aliphatic rings. The van der Waals surface area contributed by atoms with Gasteiger partial charge in [-0.25, -0.2) is 8.78 Å². The molecule has 130 valence electrons. The largest absolute Gasteiger partial charge is 0.323 e. The van der Waals surface area contributed by atoms with E-state index in [1.54, 1.807) is 4.90 Å². The van der Waals surface area contributed by atoms with Crippen LogP contribution in [0.15, 0.2) is 42.5 Å². The van der Waals surface area contributed by atoms with Gasteiger partial charge in [-0.15, -0.1) is 0 Å². The van der Waals surface area contributed by atoms with Gasteiger partial charge in [0.1, 0.15) is 11.6 Å². The van der Waals surface area contributed by atoms with Crippen LogP contribution in [0.25, 0.3) is 0 Å². The summed E-state index contributed by atoms with van der Waals surface area (Å²) in [5, 5.41) is 2.43. The molecule has 2 aromatic carbocycles. The number of anilines is 2. The van der Waals surface area contributed by atoms with E-state index in [0.29, 0.717) is 6.07 Å². The lowest BCUT2D eigenvalue weighted by molar-refractivity contribution is -0.122. The van der Waals surface area contributed by atoms with E-state index in [1.165, 1.54) is 6.07 Å². The number of amides is 2. The number of nitrogens with zero attached hydrogens (tertiary/aromatic N) is 1. The maximum Gasteiger partial charge on any atom is 0.229 e. The Bertz CT molecular complexity index is 823. The van der Waals surface area contributed by atoms with Crippen molar-refractivity contribution < 1.29 is 18.4 Å². The van der Waals surface area contributed by atoms with Crippen molar-refractivity contribution in [3.63, 3.8) is 0 Å². The van der Waals surface area contributed by atoms with E-state index < -0.39 is 23.5 Å². The van der Waals surface area contributed by atoms with Crippen LogP contribution >= 0.6 is 0 Å². The highest BCUT2D eigenvalue weighted by atomic mass is 19.1. The average Bonchev–Trinajstić information content (AvgIpc) is 2.99. The zero-order valence-corrected chi connectivity index (χ0v) is 13.8. The Balaban J connectivity index is 1.72. The summed E-state index contributed by atoms with van der Waals surface area (Å²) >= 11 is 0. The fraction of sp³-hybridized carbons (Fsp3) is 0.263. The molecule has 1 aliphatic heterocycles. The second kappa shape index (κ2) is 7.01. The molecule has 0 spiro atoms. The second-order valence-corrected chi connectivity index (χ2v) is 6.04. The van der Waals surface area contributed by atoms with Crippen molar-refractivity contribution in [2.45, 2.75) is 19.8 Å². The van der Waals surface area contributed by atoms with Crippen molar-refractivity contribution in [3.05, 3.63) is 59.7 Å². The summed E-state index contributed by atoms with van der Waals surface area (Å²) in [6.07, 6.45) is 0.911. The molecule has 2 amide bonds. The van der Waals surface area contributed by atoms with Crippen molar-refractivity contribution in [1.82, 2.24) is 0 Å². The third-order valence-corrected chi connectivity index (χ3v) is 4.32. The van der Waals surface area contributed by atoms with Crippen LogP contribution in [0.1, 0.15) is 18.9 Å². The van der Waals surface area contributed by atoms with Gasteiger partial charge in [0.25, 0.3) is 0 Å². The molecule has 6 heteroatoms. The molecule has 0 aliphatic carbocycles. The minimum atomic E-state index is -0.842. The highest BCUT2D eigenvalue weighted by Gasteiger charge is 2.35. The lowest BCUT2D eigenvalue weighted by Gasteiger charge is -2.17. The van der Waals surface area contributed by atoms with Gasteiger partial charge in [0.2, 0.25) is 11.8 Å². The van der Waals surface area contributed by atoms with Crippen LogP contribution in [0.2, 0.25) is 0 Å². The molecular weight excluding hydrogens is 326 g/mol. The second-order valence-electron chi connectivity index (χ2n) is 6.04. The fourth-order valence-corrected chi connectivity index (χ4v) is 2.90. The Morgan fingerprint density at radius 2 is 2.04 bits per heavy atom. The summed E-state index contributed by atoms with van der Waals surface area (Å²) < 4.78 is 26.6. The molecule has 3 rings (SSSR count). The number of hydrogen-bond acceptors (Lipinski definition) is 2. The number of carbonyl (C=O) groups is 2. The predicted molar refractivity (Wildman–Crippen MR) is 91.3 cm³/mol. The number of nitrogens with one attached hydrogen (secondary N) is 1. The van der Waals surface area contributed by atoms with E-state index in [-0.39, 0.29) is 24.6 Å². The molecule has 1 fully saturated rings. The number of aryl methyl sites for hydroxylation is 1. The summed E-state index contributed by atoms with van der Waals surface area (Å²) in [4.78, 5) is 26.2.